The van der Waals surface area contributed by atoms with E-state index in [2.05, 4.69) is 10.3 Å². The van der Waals surface area contributed by atoms with Gasteiger partial charge in [0.15, 0.2) is 0 Å². The van der Waals surface area contributed by atoms with Crippen LogP contribution >= 0.6 is 0 Å². The maximum absolute atomic E-state index is 10.8. The van der Waals surface area contributed by atoms with E-state index in [0.717, 1.165) is 24.3 Å². The highest BCUT2D eigenvalue weighted by molar-refractivity contribution is 5.93. The second-order valence-electron chi connectivity index (χ2n) is 2.76. The average molecular weight is 163 g/mol. The summed E-state index contributed by atoms with van der Waals surface area (Å²) in [5.41, 5.74) is 7.51. The van der Waals surface area contributed by atoms with Crippen LogP contribution in [0, 0.1) is 0 Å². The van der Waals surface area contributed by atoms with Crippen LogP contribution in [0.1, 0.15) is 16.1 Å². The molecular formula is C8H9N3O. The number of primary amides is 1. The fourth-order valence-corrected chi connectivity index (χ4v) is 1.30. The third-order valence-electron chi connectivity index (χ3n) is 1.93. The number of aromatic nitrogens is 1. The van der Waals surface area contributed by atoms with Gasteiger partial charge in [-0.05, 0) is 6.07 Å². The number of carbonyl (C=O) groups excluding carboxylic acids is 1. The van der Waals surface area contributed by atoms with Gasteiger partial charge in [0.2, 0.25) is 5.91 Å². The maximum Gasteiger partial charge on any atom is 0.250 e. The number of pyridine rings is 1. The minimum Gasteiger partial charge on any atom is -0.383 e. The minimum atomic E-state index is -0.431. The lowest BCUT2D eigenvalue weighted by molar-refractivity contribution is 0.1000. The number of rotatable bonds is 1. The number of nitrogens with zero attached hydrogens (tertiary/aromatic N) is 1. The summed E-state index contributed by atoms with van der Waals surface area (Å²) >= 11 is 0. The Labute approximate surface area is 69.8 Å². The first-order valence-corrected chi connectivity index (χ1v) is 3.80. The first-order chi connectivity index (χ1) is 5.77. The summed E-state index contributed by atoms with van der Waals surface area (Å²) in [5.74, 6) is -0.431. The highest BCUT2D eigenvalue weighted by Crippen LogP contribution is 2.20. The normalized spacial score (nSPS) is 13.7. The Bertz CT molecular complexity index is 335. The molecule has 0 saturated heterocycles. The van der Waals surface area contributed by atoms with Crippen LogP contribution in [-0.4, -0.2) is 17.4 Å². The van der Waals surface area contributed by atoms with Crippen LogP contribution in [0.3, 0.4) is 0 Å². The SMILES string of the molecule is NC(=O)c1cnc2c(c1)NCC2. The number of nitrogens with one attached hydrogen (secondary N) is 1. The molecule has 0 bridgehead atoms. The molecule has 2 heterocycles. The molecule has 0 atom stereocenters. The Morgan fingerprint density at radius 1 is 1.67 bits per heavy atom. The van der Waals surface area contributed by atoms with Crippen molar-refractivity contribution in [3.05, 3.63) is 23.5 Å². The Morgan fingerprint density at radius 2 is 2.50 bits per heavy atom. The predicted octanol–water partition coefficient (Wildman–Crippen LogP) is 0.148. The standard InChI is InChI=1S/C8H9N3O/c9-8(12)5-3-7-6(11-4-5)1-2-10-7/h3-4,10H,1-2H2,(H2,9,12). The second kappa shape index (κ2) is 2.48. The van der Waals surface area contributed by atoms with Gasteiger partial charge in [0.05, 0.1) is 16.9 Å². The summed E-state index contributed by atoms with van der Waals surface area (Å²) in [6, 6.07) is 1.75. The molecule has 0 radical (unpaired) electrons. The second-order valence-corrected chi connectivity index (χ2v) is 2.76. The zero-order valence-corrected chi connectivity index (χ0v) is 6.50. The molecule has 1 aromatic rings. The van der Waals surface area contributed by atoms with E-state index in [1.54, 1.807) is 6.07 Å². The van der Waals surface area contributed by atoms with E-state index >= 15 is 0 Å². The van der Waals surface area contributed by atoms with E-state index < -0.39 is 5.91 Å². The smallest absolute Gasteiger partial charge is 0.250 e. The monoisotopic (exact) mass is 163 g/mol. The Morgan fingerprint density at radius 3 is 3.25 bits per heavy atom. The van der Waals surface area contributed by atoms with Crippen molar-refractivity contribution >= 4 is 11.6 Å². The van der Waals surface area contributed by atoms with Gasteiger partial charge in [0.25, 0.3) is 0 Å². The first kappa shape index (κ1) is 7.09. The van der Waals surface area contributed by atoms with Crippen LogP contribution in [-0.2, 0) is 6.42 Å². The summed E-state index contributed by atoms with van der Waals surface area (Å²) in [7, 11) is 0. The molecule has 0 unspecified atom stereocenters. The van der Waals surface area contributed by atoms with E-state index in [0.29, 0.717) is 5.56 Å². The molecule has 0 aliphatic carbocycles. The van der Waals surface area contributed by atoms with Crippen molar-refractivity contribution < 1.29 is 4.79 Å². The van der Waals surface area contributed by atoms with Crippen molar-refractivity contribution in [1.82, 2.24) is 4.98 Å². The fraction of sp³-hybridized carbons (Fsp3) is 0.250. The molecule has 4 heteroatoms. The first-order valence-electron chi connectivity index (χ1n) is 3.80. The average Bonchev–Trinajstić information content (AvgIpc) is 2.49. The molecule has 0 saturated carbocycles. The van der Waals surface area contributed by atoms with Crippen LogP contribution in [0.15, 0.2) is 12.3 Å². The number of amides is 1. The third-order valence-corrected chi connectivity index (χ3v) is 1.93. The topological polar surface area (TPSA) is 68.0 Å². The van der Waals surface area contributed by atoms with Gasteiger partial charge in [-0.25, -0.2) is 0 Å². The van der Waals surface area contributed by atoms with E-state index in [1.165, 1.54) is 6.20 Å². The summed E-state index contributed by atoms with van der Waals surface area (Å²) < 4.78 is 0. The van der Waals surface area contributed by atoms with E-state index in [4.69, 9.17) is 5.73 Å². The molecular weight excluding hydrogens is 154 g/mol. The van der Waals surface area contributed by atoms with Crippen LogP contribution in [0.4, 0.5) is 5.69 Å². The van der Waals surface area contributed by atoms with Gasteiger partial charge in [0.1, 0.15) is 0 Å². The van der Waals surface area contributed by atoms with Crippen molar-refractivity contribution in [3.8, 4) is 0 Å². The molecule has 3 N–H and O–H groups in total. The Hall–Kier alpha value is -1.58. The molecule has 62 valence electrons. The van der Waals surface area contributed by atoms with Gasteiger partial charge in [-0.2, -0.15) is 0 Å². The molecule has 2 rings (SSSR count). The van der Waals surface area contributed by atoms with Crippen molar-refractivity contribution in [3.63, 3.8) is 0 Å². The lowest BCUT2D eigenvalue weighted by atomic mass is 10.2. The molecule has 0 spiro atoms. The van der Waals surface area contributed by atoms with Crippen LogP contribution < -0.4 is 11.1 Å². The molecule has 12 heavy (non-hydrogen) atoms. The van der Waals surface area contributed by atoms with Gasteiger partial charge in [-0.15, -0.1) is 0 Å². The molecule has 4 nitrogen and oxygen atoms in total. The fourth-order valence-electron chi connectivity index (χ4n) is 1.30. The van der Waals surface area contributed by atoms with Crippen LogP contribution in [0.25, 0.3) is 0 Å². The summed E-state index contributed by atoms with van der Waals surface area (Å²) in [4.78, 5) is 14.9. The molecule has 1 aliphatic rings. The molecule has 1 amide bonds. The predicted molar refractivity (Wildman–Crippen MR) is 44.9 cm³/mol. The van der Waals surface area contributed by atoms with Crippen molar-refractivity contribution in [2.75, 3.05) is 11.9 Å². The lowest BCUT2D eigenvalue weighted by Crippen LogP contribution is -2.11. The minimum absolute atomic E-state index is 0.431. The van der Waals surface area contributed by atoms with Gasteiger partial charge < -0.3 is 11.1 Å². The highest BCUT2D eigenvalue weighted by atomic mass is 16.1. The van der Waals surface area contributed by atoms with Crippen molar-refractivity contribution in [2.24, 2.45) is 5.73 Å². The van der Waals surface area contributed by atoms with Crippen LogP contribution in [0.5, 0.6) is 0 Å². The largest absolute Gasteiger partial charge is 0.383 e. The van der Waals surface area contributed by atoms with Gasteiger partial charge in [-0.1, -0.05) is 0 Å². The van der Waals surface area contributed by atoms with Gasteiger partial charge >= 0.3 is 0 Å². The zero-order chi connectivity index (χ0) is 8.55. The molecule has 0 fully saturated rings. The molecule has 1 aliphatic heterocycles. The maximum atomic E-state index is 10.8. The van der Waals surface area contributed by atoms with Gasteiger partial charge in [-0.3, -0.25) is 9.78 Å². The number of hydrogen-bond acceptors (Lipinski definition) is 3. The Balaban J connectivity index is 2.45. The quantitative estimate of drug-likeness (QED) is 0.619. The third kappa shape index (κ3) is 1.01. The zero-order valence-electron chi connectivity index (χ0n) is 6.50. The van der Waals surface area contributed by atoms with Gasteiger partial charge in [0, 0.05) is 19.2 Å². The van der Waals surface area contributed by atoms with Crippen LogP contribution in [0.2, 0.25) is 0 Å². The molecule has 0 aromatic carbocycles. The van der Waals surface area contributed by atoms with E-state index in [9.17, 15) is 4.79 Å². The summed E-state index contributed by atoms with van der Waals surface area (Å²) in [6.07, 6.45) is 2.45. The molecule has 1 aromatic heterocycles. The van der Waals surface area contributed by atoms with Crippen molar-refractivity contribution in [1.29, 1.82) is 0 Å². The van der Waals surface area contributed by atoms with E-state index in [-0.39, 0.29) is 0 Å². The summed E-state index contributed by atoms with van der Waals surface area (Å²) in [5, 5.41) is 3.13. The Kier molecular flexibility index (Phi) is 1.46. The van der Waals surface area contributed by atoms with Crippen molar-refractivity contribution in [2.45, 2.75) is 6.42 Å². The lowest BCUT2D eigenvalue weighted by Gasteiger charge is -1.99. The number of anilines is 1. The van der Waals surface area contributed by atoms with E-state index in [1.807, 2.05) is 0 Å². The number of carbonyl (C=O) groups is 1. The number of hydrogen-bond donors (Lipinski definition) is 2. The highest BCUT2D eigenvalue weighted by Gasteiger charge is 2.12. The summed E-state index contributed by atoms with van der Waals surface area (Å²) in [6.45, 7) is 0.893. The number of fused-ring (bicyclic) bond motifs is 1. The number of nitrogens with two attached hydrogens (primary N) is 1.